The SMILES string of the molecule is NC(=S)c1ncccc1S(=O)(=O)N1CCCNC(=O)C1. The topological polar surface area (TPSA) is 105 Å². The molecule has 1 aliphatic rings. The van der Waals surface area contributed by atoms with Gasteiger partial charge in [0.2, 0.25) is 15.9 Å². The molecule has 1 amide bonds. The van der Waals surface area contributed by atoms with E-state index in [0.717, 1.165) is 4.31 Å². The first kappa shape index (κ1) is 14.8. The molecule has 108 valence electrons. The third-order valence-electron chi connectivity index (χ3n) is 2.85. The second-order valence-electron chi connectivity index (χ2n) is 4.26. The van der Waals surface area contributed by atoms with E-state index in [1.165, 1.54) is 18.3 Å². The minimum absolute atomic E-state index is 0.0483. The maximum atomic E-state index is 12.6. The lowest BCUT2D eigenvalue weighted by Crippen LogP contribution is -2.38. The van der Waals surface area contributed by atoms with Gasteiger partial charge in [0.1, 0.15) is 15.6 Å². The van der Waals surface area contributed by atoms with Gasteiger partial charge in [-0.25, -0.2) is 8.42 Å². The van der Waals surface area contributed by atoms with Crippen LogP contribution in [0.3, 0.4) is 0 Å². The number of thiocarbonyl (C=S) groups is 1. The minimum atomic E-state index is -3.85. The van der Waals surface area contributed by atoms with Crippen molar-refractivity contribution in [3.05, 3.63) is 24.0 Å². The average molecular weight is 314 g/mol. The van der Waals surface area contributed by atoms with Crippen molar-refractivity contribution in [3.63, 3.8) is 0 Å². The molecule has 2 heterocycles. The summed E-state index contributed by atoms with van der Waals surface area (Å²) < 4.78 is 26.3. The number of hydrogen-bond donors (Lipinski definition) is 2. The van der Waals surface area contributed by atoms with Crippen LogP contribution in [-0.2, 0) is 14.8 Å². The second kappa shape index (κ2) is 5.81. The number of nitrogens with two attached hydrogens (primary N) is 1. The molecule has 20 heavy (non-hydrogen) atoms. The van der Waals surface area contributed by atoms with Crippen molar-refractivity contribution in [1.82, 2.24) is 14.6 Å². The normalized spacial score (nSPS) is 17.3. The Bertz CT molecular complexity index is 645. The summed E-state index contributed by atoms with van der Waals surface area (Å²) in [5.41, 5.74) is 5.55. The van der Waals surface area contributed by atoms with Crippen LogP contribution in [0.2, 0.25) is 0 Å². The summed E-state index contributed by atoms with van der Waals surface area (Å²) in [5, 5.41) is 2.62. The van der Waals surface area contributed by atoms with Crippen LogP contribution in [-0.4, -0.2) is 48.2 Å². The Labute approximate surface area is 122 Å². The highest BCUT2D eigenvalue weighted by Crippen LogP contribution is 2.19. The number of aromatic nitrogens is 1. The van der Waals surface area contributed by atoms with Crippen molar-refractivity contribution >= 4 is 33.1 Å². The van der Waals surface area contributed by atoms with Crippen LogP contribution in [0.4, 0.5) is 0 Å². The third-order valence-corrected chi connectivity index (χ3v) is 4.92. The van der Waals surface area contributed by atoms with Gasteiger partial charge in [-0.15, -0.1) is 0 Å². The van der Waals surface area contributed by atoms with Gasteiger partial charge in [-0.05, 0) is 18.6 Å². The molecule has 0 spiro atoms. The molecule has 1 aromatic heterocycles. The highest BCUT2D eigenvalue weighted by molar-refractivity contribution is 7.89. The largest absolute Gasteiger partial charge is 0.388 e. The summed E-state index contributed by atoms with van der Waals surface area (Å²) in [7, 11) is -3.85. The van der Waals surface area contributed by atoms with Crippen LogP contribution in [0.15, 0.2) is 23.2 Å². The van der Waals surface area contributed by atoms with Gasteiger partial charge in [0.25, 0.3) is 0 Å². The number of hydrogen-bond acceptors (Lipinski definition) is 5. The van der Waals surface area contributed by atoms with Gasteiger partial charge in [0, 0.05) is 19.3 Å². The molecule has 7 nitrogen and oxygen atoms in total. The molecule has 0 saturated carbocycles. The predicted octanol–water partition coefficient (Wildman–Crippen LogP) is -0.774. The second-order valence-corrected chi connectivity index (χ2v) is 6.60. The van der Waals surface area contributed by atoms with Crippen LogP contribution in [0, 0.1) is 0 Å². The molecule has 1 aromatic rings. The van der Waals surface area contributed by atoms with Gasteiger partial charge in [-0.2, -0.15) is 4.31 Å². The third kappa shape index (κ3) is 2.94. The molecule has 0 unspecified atom stereocenters. The molecule has 0 atom stereocenters. The summed E-state index contributed by atoms with van der Waals surface area (Å²) in [6.07, 6.45) is 1.97. The summed E-state index contributed by atoms with van der Waals surface area (Å²) in [5.74, 6) is -0.327. The molecule has 2 rings (SSSR count). The Balaban J connectivity index is 2.44. The lowest BCUT2D eigenvalue weighted by atomic mass is 10.3. The van der Waals surface area contributed by atoms with E-state index in [-0.39, 0.29) is 34.6 Å². The molecule has 1 aliphatic heterocycles. The first-order chi connectivity index (χ1) is 9.43. The monoisotopic (exact) mass is 314 g/mol. The van der Waals surface area contributed by atoms with Crippen LogP contribution in [0.5, 0.6) is 0 Å². The molecule has 1 saturated heterocycles. The highest BCUT2D eigenvalue weighted by atomic mass is 32.2. The van der Waals surface area contributed by atoms with Crippen molar-refractivity contribution in [3.8, 4) is 0 Å². The van der Waals surface area contributed by atoms with Crippen molar-refractivity contribution in [1.29, 1.82) is 0 Å². The standard InChI is InChI=1S/C11H14N4O3S2/c12-11(19)10-8(3-1-4-14-10)20(17,18)15-6-2-5-13-9(16)7-15/h1,3-4H,2,5-7H2,(H2,12,19)(H,13,16). The van der Waals surface area contributed by atoms with Crippen LogP contribution in [0.1, 0.15) is 12.1 Å². The summed E-state index contributed by atoms with van der Waals surface area (Å²) in [6.45, 7) is 0.501. The number of carbonyl (C=O) groups is 1. The van der Waals surface area contributed by atoms with Gasteiger partial charge in [-0.1, -0.05) is 12.2 Å². The quantitative estimate of drug-likeness (QED) is 0.710. The Morgan fingerprint density at radius 3 is 2.95 bits per heavy atom. The van der Waals surface area contributed by atoms with Crippen molar-refractivity contribution in [2.24, 2.45) is 5.73 Å². The summed E-state index contributed by atoms with van der Waals surface area (Å²) in [4.78, 5) is 15.3. The Hall–Kier alpha value is -1.58. The maximum absolute atomic E-state index is 12.6. The zero-order chi connectivity index (χ0) is 14.8. The molecule has 3 N–H and O–H groups in total. The number of pyridine rings is 1. The number of rotatable bonds is 3. The van der Waals surface area contributed by atoms with E-state index in [0.29, 0.717) is 13.0 Å². The fourth-order valence-corrected chi connectivity index (χ4v) is 3.73. The van der Waals surface area contributed by atoms with Crippen molar-refractivity contribution < 1.29 is 13.2 Å². The molecule has 0 aliphatic carbocycles. The van der Waals surface area contributed by atoms with E-state index >= 15 is 0 Å². The fourth-order valence-electron chi connectivity index (χ4n) is 1.91. The van der Waals surface area contributed by atoms with Gasteiger partial charge >= 0.3 is 0 Å². The van der Waals surface area contributed by atoms with Gasteiger partial charge < -0.3 is 11.1 Å². The van der Waals surface area contributed by atoms with E-state index in [1.54, 1.807) is 0 Å². The molecular formula is C11H14N4O3S2. The van der Waals surface area contributed by atoms with Gasteiger partial charge in [0.05, 0.1) is 6.54 Å². The number of sulfonamides is 1. The van der Waals surface area contributed by atoms with E-state index in [4.69, 9.17) is 18.0 Å². The minimum Gasteiger partial charge on any atom is -0.388 e. The van der Waals surface area contributed by atoms with Crippen LogP contribution >= 0.6 is 12.2 Å². The zero-order valence-electron chi connectivity index (χ0n) is 10.6. The molecule has 0 bridgehead atoms. The first-order valence-electron chi connectivity index (χ1n) is 5.94. The smallest absolute Gasteiger partial charge is 0.245 e. The van der Waals surface area contributed by atoms with E-state index in [9.17, 15) is 13.2 Å². The molecule has 1 fully saturated rings. The molecular weight excluding hydrogens is 300 g/mol. The summed E-state index contributed by atoms with van der Waals surface area (Å²) in [6, 6.07) is 2.88. The lowest BCUT2D eigenvalue weighted by molar-refractivity contribution is -0.120. The predicted molar refractivity (Wildman–Crippen MR) is 76.5 cm³/mol. The van der Waals surface area contributed by atoms with Crippen molar-refractivity contribution in [2.75, 3.05) is 19.6 Å². The number of amides is 1. The number of nitrogens with one attached hydrogen (secondary N) is 1. The fraction of sp³-hybridized carbons (Fsp3) is 0.364. The Kier molecular flexibility index (Phi) is 4.31. The lowest BCUT2D eigenvalue weighted by Gasteiger charge is -2.19. The zero-order valence-corrected chi connectivity index (χ0v) is 12.2. The Morgan fingerprint density at radius 2 is 2.25 bits per heavy atom. The number of carbonyl (C=O) groups excluding carboxylic acids is 1. The van der Waals surface area contributed by atoms with E-state index in [2.05, 4.69) is 10.3 Å². The van der Waals surface area contributed by atoms with Gasteiger partial charge in [0.15, 0.2) is 0 Å². The summed E-state index contributed by atoms with van der Waals surface area (Å²) >= 11 is 4.82. The maximum Gasteiger partial charge on any atom is 0.245 e. The highest BCUT2D eigenvalue weighted by Gasteiger charge is 2.30. The van der Waals surface area contributed by atoms with E-state index in [1.807, 2.05) is 0 Å². The molecule has 0 radical (unpaired) electrons. The van der Waals surface area contributed by atoms with Crippen LogP contribution in [0.25, 0.3) is 0 Å². The first-order valence-corrected chi connectivity index (χ1v) is 7.79. The van der Waals surface area contributed by atoms with Crippen LogP contribution < -0.4 is 11.1 Å². The van der Waals surface area contributed by atoms with E-state index < -0.39 is 10.0 Å². The molecule has 9 heteroatoms. The average Bonchev–Trinajstić information content (AvgIpc) is 2.64. The molecule has 0 aromatic carbocycles. The number of nitrogens with zero attached hydrogens (tertiary/aromatic N) is 2. The Morgan fingerprint density at radius 1 is 1.50 bits per heavy atom. The van der Waals surface area contributed by atoms with Crippen molar-refractivity contribution in [2.45, 2.75) is 11.3 Å². The van der Waals surface area contributed by atoms with Gasteiger partial charge in [-0.3, -0.25) is 9.78 Å².